The standard InChI is InChI=1S/C30H33NO7/c1-33-22-8-10-23(11-9-22)38-19-25-24-18-29(37-5)28(36-4)17-21(24)14-15-31(25)30(32)13-7-20-6-12-26(34-2)27(16-20)35-3/h6-13,16-18,25H,14-15,19H2,1-5H3/b13-7+/t25-/m1/s1. The molecule has 0 N–H and O–H groups in total. The maximum Gasteiger partial charge on any atom is 0.247 e. The summed E-state index contributed by atoms with van der Waals surface area (Å²) in [4.78, 5) is 15.3. The average Bonchev–Trinajstić information content (AvgIpc) is 2.97. The third-order valence-electron chi connectivity index (χ3n) is 6.58. The number of hydrogen-bond acceptors (Lipinski definition) is 7. The SMILES string of the molecule is COc1ccc(OC[C@@H]2c3cc(OC)c(OC)cc3CCN2C(=O)/C=C/c2ccc(OC)c(OC)c2)cc1. The predicted molar refractivity (Wildman–Crippen MR) is 145 cm³/mol. The second-order valence-corrected chi connectivity index (χ2v) is 8.64. The lowest BCUT2D eigenvalue weighted by atomic mass is 9.92. The maximum atomic E-state index is 13.5. The quantitative estimate of drug-likeness (QED) is 0.351. The minimum atomic E-state index is -0.330. The summed E-state index contributed by atoms with van der Waals surface area (Å²) in [6.07, 6.45) is 4.04. The number of amides is 1. The monoisotopic (exact) mass is 519 g/mol. The molecule has 3 aromatic rings. The van der Waals surface area contributed by atoms with E-state index in [0.717, 1.165) is 22.4 Å². The zero-order valence-electron chi connectivity index (χ0n) is 22.4. The number of fused-ring (bicyclic) bond motifs is 1. The summed E-state index contributed by atoms with van der Waals surface area (Å²) < 4.78 is 33.2. The Morgan fingerprint density at radius 3 is 2.08 bits per heavy atom. The zero-order valence-corrected chi connectivity index (χ0v) is 22.4. The molecule has 200 valence electrons. The third-order valence-corrected chi connectivity index (χ3v) is 6.58. The summed E-state index contributed by atoms with van der Waals surface area (Å²) in [7, 11) is 8.01. The van der Waals surface area contributed by atoms with Gasteiger partial charge >= 0.3 is 0 Å². The van der Waals surface area contributed by atoms with Crippen LogP contribution in [0, 0.1) is 0 Å². The third kappa shape index (κ3) is 5.80. The zero-order chi connectivity index (χ0) is 27.1. The highest BCUT2D eigenvalue weighted by atomic mass is 16.5. The molecule has 0 bridgehead atoms. The van der Waals surface area contributed by atoms with Crippen LogP contribution in [0.1, 0.15) is 22.7 Å². The molecule has 0 saturated heterocycles. The van der Waals surface area contributed by atoms with Gasteiger partial charge in [-0.3, -0.25) is 4.79 Å². The van der Waals surface area contributed by atoms with Crippen molar-refractivity contribution in [1.29, 1.82) is 0 Å². The van der Waals surface area contributed by atoms with Crippen molar-refractivity contribution in [3.05, 3.63) is 77.4 Å². The molecule has 3 aromatic carbocycles. The lowest BCUT2D eigenvalue weighted by Gasteiger charge is -2.37. The summed E-state index contributed by atoms with van der Waals surface area (Å²) in [5.74, 6) is 3.80. The van der Waals surface area contributed by atoms with E-state index in [1.807, 2.05) is 59.5 Å². The topological polar surface area (TPSA) is 75.7 Å². The molecule has 8 heteroatoms. The maximum absolute atomic E-state index is 13.5. The Balaban J connectivity index is 1.62. The molecule has 0 spiro atoms. The fourth-order valence-electron chi connectivity index (χ4n) is 4.54. The molecule has 0 saturated carbocycles. The van der Waals surface area contributed by atoms with Crippen LogP contribution >= 0.6 is 0 Å². The molecule has 0 aliphatic carbocycles. The first kappa shape index (κ1) is 26.7. The molecule has 1 heterocycles. The summed E-state index contributed by atoms with van der Waals surface area (Å²) >= 11 is 0. The largest absolute Gasteiger partial charge is 0.497 e. The molecule has 1 atom stereocenters. The van der Waals surface area contributed by atoms with E-state index in [1.54, 1.807) is 47.7 Å². The van der Waals surface area contributed by atoms with Gasteiger partial charge in [0.25, 0.3) is 0 Å². The number of carbonyl (C=O) groups is 1. The van der Waals surface area contributed by atoms with Crippen LogP contribution in [0.3, 0.4) is 0 Å². The van der Waals surface area contributed by atoms with Gasteiger partial charge in [-0.15, -0.1) is 0 Å². The van der Waals surface area contributed by atoms with Crippen molar-refractivity contribution in [2.75, 3.05) is 48.7 Å². The molecule has 4 rings (SSSR count). The van der Waals surface area contributed by atoms with Crippen LogP contribution in [0.25, 0.3) is 6.08 Å². The molecule has 1 aliphatic rings. The molecular weight excluding hydrogens is 486 g/mol. The minimum absolute atomic E-state index is 0.122. The fourth-order valence-corrected chi connectivity index (χ4v) is 4.54. The van der Waals surface area contributed by atoms with Crippen LogP contribution in [-0.4, -0.2) is 59.5 Å². The van der Waals surface area contributed by atoms with Gasteiger partial charge in [0, 0.05) is 12.6 Å². The Kier molecular flexibility index (Phi) is 8.63. The second-order valence-electron chi connectivity index (χ2n) is 8.64. The van der Waals surface area contributed by atoms with Crippen LogP contribution in [0.2, 0.25) is 0 Å². The molecule has 0 aromatic heterocycles. The lowest BCUT2D eigenvalue weighted by Crippen LogP contribution is -2.41. The number of rotatable bonds is 10. The van der Waals surface area contributed by atoms with E-state index in [2.05, 4.69) is 0 Å². The van der Waals surface area contributed by atoms with Gasteiger partial charge in [-0.05, 0) is 77.7 Å². The van der Waals surface area contributed by atoms with Gasteiger partial charge in [-0.1, -0.05) is 6.07 Å². The van der Waals surface area contributed by atoms with E-state index in [1.165, 1.54) is 0 Å². The van der Waals surface area contributed by atoms with Gasteiger partial charge in [0.15, 0.2) is 23.0 Å². The molecule has 1 aliphatic heterocycles. The summed E-state index contributed by atoms with van der Waals surface area (Å²) in [5, 5.41) is 0. The van der Waals surface area contributed by atoms with Gasteiger partial charge in [0.1, 0.15) is 18.1 Å². The normalized spacial score (nSPS) is 14.6. The highest BCUT2D eigenvalue weighted by Gasteiger charge is 2.32. The van der Waals surface area contributed by atoms with Crippen LogP contribution in [0.5, 0.6) is 34.5 Å². The number of ether oxygens (including phenoxy) is 6. The van der Waals surface area contributed by atoms with Gasteiger partial charge in [-0.2, -0.15) is 0 Å². The van der Waals surface area contributed by atoms with Crippen molar-refractivity contribution in [1.82, 2.24) is 4.90 Å². The summed E-state index contributed by atoms with van der Waals surface area (Å²) in [6, 6.07) is 16.5. The number of carbonyl (C=O) groups excluding carboxylic acids is 1. The van der Waals surface area contributed by atoms with Crippen molar-refractivity contribution in [2.45, 2.75) is 12.5 Å². The van der Waals surface area contributed by atoms with E-state index >= 15 is 0 Å². The highest BCUT2D eigenvalue weighted by molar-refractivity contribution is 5.92. The number of nitrogens with zero attached hydrogens (tertiary/aromatic N) is 1. The summed E-state index contributed by atoms with van der Waals surface area (Å²) in [6.45, 7) is 0.805. The van der Waals surface area contributed by atoms with Crippen LogP contribution < -0.4 is 28.4 Å². The Bertz CT molecular complexity index is 1290. The second kappa shape index (κ2) is 12.3. The average molecular weight is 520 g/mol. The Morgan fingerprint density at radius 2 is 1.42 bits per heavy atom. The lowest BCUT2D eigenvalue weighted by molar-refractivity contribution is -0.129. The molecule has 1 amide bonds. The minimum Gasteiger partial charge on any atom is -0.497 e. The highest BCUT2D eigenvalue weighted by Crippen LogP contribution is 2.39. The Morgan fingerprint density at radius 1 is 0.789 bits per heavy atom. The van der Waals surface area contributed by atoms with Crippen molar-refractivity contribution in [3.63, 3.8) is 0 Å². The fraction of sp³-hybridized carbons (Fsp3) is 0.300. The van der Waals surface area contributed by atoms with Crippen molar-refractivity contribution in [2.24, 2.45) is 0 Å². The van der Waals surface area contributed by atoms with Crippen LogP contribution in [-0.2, 0) is 11.2 Å². The molecule has 0 unspecified atom stereocenters. The van der Waals surface area contributed by atoms with Gasteiger partial charge < -0.3 is 33.3 Å². The van der Waals surface area contributed by atoms with E-state index in [4.69, 9.17) is 28.4 Å². The van der Waals surface area contributed by atoms with E-state index in [-0.39, 0.29) is 18.6 Å². The molecule has 8 nitrogen and oxygen atoms in total. The molecule has 38 heavy (non-hydrogen) atoms. The number of hydrogen-bond donors (Lipinski definition) is 0. The first-order valence-corrected chi connectivity index (χ1v) is 12.2. The van der Waals surface area contributed by atoms with Gasteiger partial charge in [0.05, 0.1) is 41.6 Å². The van der Waals surface area contributed by atoms with Gasteiger partial charge in [-0.25, -0.2) is 0 Å². The number of benzene rings is 3. The predicted octanol–water partition coefficient (Wildman–Crippen LogP) is 4.95. The Labute approximate surface area is 223 Å². The van der Waals surface area contributed by atoms with Gasteiger partial charge in [0.2, 0.25) is 5.91 Å². The first-order chi connectivity index (χ1) is 18.5. The first-order valence-electron chi connectivity index (χ1n) is 12.2. The smallest absolute Gasteiger partial charge is 0.247 e. The van der Waals surface area contributed by atoms with Crippen molar-refractivity contribution < 1.29 is 33.2 Å². The van der Waals surface area contributed by atoms with E-state index in [9.17, 15) is 4.79 Å². The van der Waals surface area contributed by atoms with Crippen molar-refractivity contribution in [3.8, 4) is 34.5 Å². The van der Waals surface area contributed by atoms with Crippen LogP contribution in [0.15, 0.2) is 60.7 Å². The number of methoxy groups -OCH3 is 5. The van der Waals surface area contributed by atoms with Crippen molar-refractivity contribution >= 4 is 12.0 Å². The molecular formula is C30H33NO7. The van der Waals surface area contributed by atoms with E-state index < -0.39 is 0 Å². The van der Waals surface area contributed by atoms with E-state index in [0.29, 0.717) is 41.7 Å². The molecule has 0 fully saturated rings. The Hall–Kier alpha value is -4.33. The summed E-state index contributed by atoms with van der Waals surface area (Å²) in [5.41, 5.74) is 2.89. The van der Waals surface area contributed by atoms with Crippen LogP contribution in [0.4, 0.5) is 0 Å². The molecule has 0 radical (unpaired) electrons.